The lowest BCUT2D eigenvalue weighted by Gasteiger charge is -2.24. The average molecular weight is 213 g/mol. The van der Waals surface area contributed by atoms with E-state index in [-0.39, 0.29) is 18.6 Å². The predicted molar refractivity (Wildman–Crippen MR) is 38.1 cm³/mol. The quantitative estimate of drug-likeness (QED) is 0.598. The van der Waals surface area contributed by atoms with E-state index in [0.29, 0.717) is 0 Å². The molecule has 0 spiro atoms. The minimum absolute atomic E-state index is 0.250. The number of aliphatic hydroxyl groups is 1. The maximum Gasteiger partial charge on any atom is 0.418 e. The van der Waals surface area contributed by atoms with E-state index < -0.39 is 18.3 Å². The summed E-state index contributed by atoms with van der Waals surface area (Å²) in [6.07, 6.45) is -4.51. The first-order chi connectivity index (χ1) is 6.27. The lowest BCUT2D eigenvalue weighted by molar-refractivity contribution is -0.252. The first-order valence-electron chi connectivity index (χ1n) is 3.78. The molecule has 7 heteroatoms. The maximum atomic E-state index is 12.0. The van der Waals surface area contributed by atoms with Gasteiger partial charge in [0.25, 0.3) is 0 Å². The molecule has 0 saturated carbocycles. The first-order valence-corrected chi connectivity index (χ1v) is 3.78. The molecule has 0 radical (unpaired) electrons. The van der Waals surface area contributed by atoms with E-state index in [1.807, 2.05) is 0 Å². The standard InChI is InChI=1S/C6H10F3NO.CO2/c1-4-2-5(11,3-10-4)6(7,8)9;2-1-3/h4,10-11H,2-3H2,1H3;/t4-,5?;/m1./s1. The van der Waals surface area contributed by atoms with Crippen LogP contribution in [0.5, 0.6) is 0 Å². The van der Waals surface area contributed by atoms with E-state index in [1.165, 1.54) is 0 Å². The van der Waals surface area contributed by atoms with E-state index in [0.717, 1.165) is 0 Å². The third kappa shape index (κ3) is 3.10. The molecule has 1 rings (SSSR count). The number of halogens is 3. The zero-order valence-electron chi connectivity index (χ0n) is 7.39. The van der Waals surface area contributed by atoms with Crippen LogP contribution in [0.1, 0.15) is 13.3 Å². The van der Waals surface area contributed by atoms with Crippen molar-refractivity contribution in [3.05, 3.63) is 0 Å². The fourth-order valence-electron chi connectivity index (χ4n) is 1.21. The van der Waals surface area contributed by atoms with Crippen LogP contribution in [0.15, 0.2) is 0 Å². The Morgan fingerprint density at radius 1 is 1.50 bits per heavy atom. The monoisotopic (exact) mass is 213 g/mol. The molecular formula is C7H10F3NO3. The highest BCUT2D eigenvalue weighted by atomic mass is 19.4. The highest BCUT2D eigenvalue weighted by molar-refractivity contribution is 5.20. The van der Waals surface area contributed by atoms with Crippen molar-refractivity contribution in [2.75, 3.05) is 6.54 Å². The summed E-state index contributed by atoms with van der Waals surface area (Å²) in [7, 11) is 0. The first kappa shape index (κ1) is 13.1. The van der Waals surface area contributed by atoms with Crippen LogP contribution in [0.25, 0.3) is 0 Å². The Balaban J connectivity index is 0.000000500. The lowest BCUT2D eigenvalue weighted by atomic mass is 10.0. The summed E-state index contributed by atoms with van der Waals surface area (Å²) in [6, 6.07) is -0.262. The van der Waals surface area contributed by atoms with Gasteiger partial charge < -0.3 is 10.4 Å². The minimum Gasteiger partial charge on any atom is -0.379 e. The number of nitrogens with one attached hydrogen (secondary N) is 1. The third-order valence-corrected chi connectivity index (χ3v) is 1.91. The van der Waals surface area contributed by atoms with Gasteiger partial charge in [-0.15, -0.1) is 0 Å². The normalized spacial score (nSPS) is 31.6. The summed E-state index contributed by atoms with van der Waals surface area (Å²) >= 11 is 0. The van der Waals surface area contributed by atoms with Crippen molar-refractivity contribution in [3.63, 3.8) is 0 Å². The Kier molecular flexibility index (Phi) is 4.25. The maximum absolute atomic E-state index is 12.0. The Labute approximate surface area is 78.1 Å². The summed E-state index contributed by atoms with van der Waals surface area (Å²) in [5, 5.41) is 11.6. The van der Waals surface area contributed by atoms with Crippen molar-refractivity contribution in [3.8, 4) is 0 Å². The molecule has 1 fully saturated rings. The molecule has 1 heterocycles. The van der Waals surface area contributed by atoms with Crippen LogP contribution in [-0.2, 0) is 9.59 Å². The molecule has 2 N–H and O–H groups in total. The minimum atomic E-state index is -4.51. The van der Waals surface area contributed by atoms with Gasteiger partial charge >= 0.3 is 12.3 Å². The van der Waals surface area contributed by atoms with Crippen LogP contribution in [-0.4, -0.2) is 35.6 Å². The Morgan fingerprint density at radius 3 is 2.07 bits per heavy atom. The Bertz CT molecular complexity index is 225. The van der Waals surface area contributed by atoms with Gasteiger partial charge in [0, 0.05) is 19.0 Å². The van der Waals surface area contributed by atoms with E-state index >= 15 is 0 Å². The molecule has 1 aliphatic rings. The molecule has 1 saturated heterocycles. The van der Waals surface area contributed by atoms with Crippen molar-refractivity contribution in [2.24, 2.45) is 0 Å². The molecule has 82 valence electrons. The molecule has 4 nitrogen and oxygen atoms in total. The van der Waals surface area contributed by atoms with Gasteiger partial charge in [-0.05, 0) is 6.92 Å². The van der Waals surface area contributed by atoms with Gasteiger partial charge in [-0.1, -0.05) is 0 Å². The number of hydrogen-bond donors (Lipinski definition) is 2. The molecule has 0 aliphatic carbocycles. The summed E-state index contributed by atoms with van der Waals surface area (Å²) in [5.74, 6) is 0. The van der Waals surface area contributed by atoms with Gasteiger partial charge in [0.05, 0.1) is 0 Å². The van der Waals surface area contributed by atoms with E-state index in [2.05, 4.69) is 5.32 Å². The highest BCUT2D eigenvalue weighted by Gasteiger charge is 2.56. The van der Waals surface area contributed by atoms with Crippen LogP contribution in [0.4, 0.5) is 13.2 Å². The van der Waals surface area contributed by atoms with Crippen molar-refractivity contribution < 1.29 is 27.9 Å². The van der Waals surface area contributed by atoms with Crippen molar-refractivity contribution >= 4 is 6.15 Å². The van der Waals surface area contributed by atoms with Gasteiger partial charge in [0.2, 0.25) is 0 Å². The number of carbonyl (C=O) groups excluding carboxylic acids is 2. The second kappa shape index (κ2) is 4.54. The number of alkyl halides is 3. The molecular weight excluding hydrogens is 203 g/mol. The van der Waals surface area contributed by atoms with Crippen molar-refractivity contribution in [1.29, 1.82) is 0 Å². The zero-order chi connectivity index (χ0) is 11.4. The van der Waals surface area contributed by atoms with Crippen molar-refractivity contribution in [1.82, 2.24) is 5.32 Å². The van der Waals surface area contributed by atoms with Gasteiger partial charge in [-0.2, -0.15) is 22.8 Å². The Hall–Kier alpha value is -0.910. The highest BCUT2D eigenvalue weighted by Crippen LogP contribution is 2.36. The van der Waals surface area contributed by atoms with Crippen LogP contribution in [0, 0.1) is 0 Å². The van der Waals surface area contributed by atoms with Crippen molar-refractivity contribution in [2.45, 2.75) is 31.2 Å². The molecule has 1 unspecified atom stereocenters. The predicted octanol–water partition coefficient (Wildman–Crippen LogP) is 0.0781. The largest absolute Gasteiger partial charge is 0.418 e. The molecule has 0 amide bonds. The van der Waals surface area contributed by atoms with Crippen LogP contribution < -0.4 is 5.32 Å². The molecule has 0 aromatic heterocycles. The summed E-state index contributed by atoms with van der Waals surface area (Å²) in [5.41, 5.74) is -2.51. The van der Waals surface area contributed by atoms with Crippen LogP contribution in [0.2, 0.25) is 0 Å². The second-order valence-corrected chi connectivity index (χ2v) is 3.10. The topological polar surface area (TPSA) is 66.4 Å². The zero-order valence-corrected chi connectivity index (χ0v) is 7.39. The number of rotatable bonds is 0. The molecule has 1 aliphatic heterocycles. The van der Waals surface area contributed by atoms with Gasteiger partial charge in [0.15, 0.2) is 5.60 Å². The molecule has 0 aromatic rings. The lowest BCUT2D eigenvalue weighted by Crippen LogP contribution is -2.46. The fourth-order valence-corrected chi connectivity index (χ4v) is 1.21. The fraction of sp³-hybridized carbons (Fsp3) is 0.857. The van der Waals surface area contributed by atoms with E-state index in [1.54, 1.807) is 6.92 Å². The SMILES string of the molecule is C[C@@H]1CC(O)(C(F)(F)F)CN1.O=C=O. The van der Waals surface area contributed by atoms with Crippen LogP contribution in [0.3, 0.4) is 0 Å². The number of hydrogen-bond acceptors (Lipinski definition) is 4. The third-order valence-electron chi connectivity index (χ3n) is 1.91. The number of β-amino-alcohol motifs (C(OH)–C–C–N with tert-alkyl or cyclic N) is 1. The molecule has 0 bridgehead atoms. The van der Waals surface area contributed by atoms with Gasteiger partial charge in [0.1, 0.15) is 0 Å². The van der Waals surface area contributed by atoms with E-state index in [9.17, 15) is 13.2 Å². The second-order valence-electron chi connectivity index (χ2n) is 3.10. The molecule has 14 heavy (non-hydrogen) atoms. The molecule has 0 aromatic carbocycles. The average Bonchev–Trinajstić information content (AvgIpc) is 2.32. The van der Waals surface area contributed by atoms with Gasteiger partial charge in [-0.25, -0.2) is 0 Å². The summed E-state index contributed by atoms with van der Waals surface area (Å²) < 4.78 is 36.1. The summed E-state index contributed by atoms with van der Waals surface area (Å²) in [4.78, 5) is 16.2. The van der Waals surface area contributed by atoms with E-state index in [4.69, 9.17) is 14.7 Å². The van der Waals surface area contributed by atoms with Crippen LogP contribution >= 0.6 is 0 Å². The Morgan fingerprint density at radius 2 is 1.93 bits per heavy atom. The smallest absolute Gasteiger partial charge is 0.379 e. The molecule has 2 atom stereocenters. The summed E-state index contributed by atoms with van der Waals surface area (Å²) in [6.45, 7) is 1.22. The van der Waals surface area contributed by atoms with Gasteiger partial charge in [-0.3, -0.25) is 0 Å².